The van der Waals surface area contributed by atoms with Crippen molar-refractivity contribution in [1.82, 2.24) is 4.57 Å². The minimum atomic E-state index is -0.779. The van der Waals surface area contributed by atoms with E-state index in [2.05, 4.69) is 43.5 Å². The van der Waals surface area contributed by atoms with Crippen LogP contribution in [0.25, 0.3) is 10.9 Å². The Balaban J connectivity index is 2.09. The molecule has 0 fully saturated rings. The summed E-state index contributed by atoms with van der Waals surface area (Å²) in [6, 6.07) is 14.0. The van der Waals surface area contributed by atoms with E-state index in [0.29, 0.717) is 12.3 Å². The summed E-state index contributed by atoms with van der Waals surface area (Å²) in [5.74, 6) is -0.254. The molecule has 0 aliphatic heterocycles. The first-order valence-electron chi connectivity index (χ1n) is 9.40. The van der Waals surface area contributed by atoms with Gasteiger partial charge >= 0.3 is 5.97 Å². The third kappa shape index (κ3) is 3.70. The molecule has 0 spiro atoms. The number of nitrogens with zero attached hydrogens (tertiary/aromatic N) is 1. The van der Waals surface area contributed by atoms with E-state index in [1.807, 2.05) is 25.1 Å². The molecule has 142 valence electrons. The van der Waals surface area contributed by atoms with Gasteiger partial charge in [-0.3, -0.25) is 4.79 Å². The molecular formula is C23H27NO3. The van der Waals surface area contributed by atoms with Crippen molar-refractivity contribution in [3.8, 4) is 5.75 Å². The molecule has 3 rings (SSSR count). The molecule has 1 aromatic heterocycles. The number of para-hydroxylation sites is 1. The van der Waals surface area contributed by atoms with Gasteiger partial charge < -0.3 is 14.8 Å². The molecule has 0 aliphatic rings. The molecule has 1 atom stereocenters. The summed E-state index contributed by atoms with van der Waals surface area (Å²) in [6.45, 7) is 8.87. The van der Waals surface area contributed by atoms with Crippen LogP contribution in [-0.4, -0.2) is 20.7 Å². The van der Waals surface area contributed by atoms with Crippen molar-refractivity contribution in [2.24, 2.45) is 0 Å². The monoisotopic (exact) mass is 365 g/mol. The highest BCUT2D eigenvalue weighted by molar-refractivity contribution is 5.87. The average Bonchev–Trinajstić information content (AvgIpc) is 2.88. The predicted octanol–water partition coefficient (Wildman–Crippen LogP) is 5.41. The first kappa shape index (κ1) is 19.0. The van der Waals surface area contributed by atoms with E-state index in [4.69, 9.17) is 0 Å². The summed E-state index contributed by atoms with van der Waals surface area (Å²) < 4.78 is 2.25. The van der Waals surface area contributed by atoms with Crippen LogP contribution in [-0.2, 0) is 11.3 Å². The van der Waals surface area contributed by atoms with Crippen LogP contribution in [0.2, 0.25) is 0 Å². The van der Waals surface area contributed by atoms with E-state index in [-0.39, 0.29) is 18.3 Å². The molecule has 0 amide bonds. The molecule has 0 saturated heterocycles. The highest BCUT2D eigenvalue weighted by Gasteiger charge is 2.21. The van der Waals surface area contributed by atoms with Crippen molar-refractivity contribution >= 4 is 16.9 Å². The topological polar surface area (TPSA) is 62.5 Å². The first-order chi connectivity index (χ1) is 12.8. The number of phenolic OH excluding ortho intramolecular Hbond substituents is 1. The number of carbonyl (C=O) groups is 1. The third-order valence-corrected chi connectivity index (χ3v) is 5.31. The van der Waals surface area contributed by atoms with Crippen LogP contribution in [0.4, 0.5) is 0 Å². The quantitative estimate of drug-likeness (QED) is 0.614. The molecule has 4 heteroatoms. The second-order valence-electron chi connectivity index (χ2n) is 7.65. The van der Waals surface area contributed by atoms with Crippen LogP contribution in [0.15, 0.2) is 42.5 Å². The lowest BCUT2D eigenvalue weighted by molar-refractivity contribution is -0.137. The molecule has 2 N–H and O–H groups in total. The van der Waals surface area contributed by atoms with Gasteiger partial charge in [0, 0.05) is 23.1 Å². The molecular weight excluding hydrogens is 338 g/mol. The van der Waals surface area contributed by atoms with Crippen LogP contribution in [0, 0.1) is 6.92 Å². The maximum absolute atomic E-state index is 11.2. The molecule has 4 nitrogen and oxygen atoms in total. The van der Waals surface area contributed by atoms with Crippen LogP contribution in [0.5, 0.6) is 5.75 Å². The van der Waals surface area contributed by atoms with Crippen molar-refractivity contribution in [3.63, 3.8) is 0 Å². The molecule has 0 radical (unpaired) electrons. The lowest BCUT2D eigenvalue weighted by atomic mass is 9.95. The Bertz CT molecular complexity index is 985. The largest absolute Gasteiger partial charge is 0.508 e. The van der Waals surface area contributed by atoms with Gasteiger partial charge in [0.1, 0.15) is 5.75 Å². The SMILES string of the molecule is Cc1c(C(C)CC(=O)O)c2ccccc2n1Cc1ccc(O)c(C(C)C)c1. The van der Waals surface area contributed by atoms with Crippen molar-refractivity contribution < 1.29 is 15.0 Å². The summed E-state index contributed by atoms with van der Waals surface area (Å²) in [5.41, 5.74) is 5.39. The number of fused-ring (bicyclic) bond motifs is 1. The van der Waals surface area contributed by atoms with Gasteiger partial charge in [-0.2, -0.15) is 0 Å². The number of aliphatic carboxylic acids is 1. The fraction of sp³-hybridized carbons (Fsp3) is 0.348. The predicted molar refractivity (Wildman–Crippen MR) is 109 cm³/mol. The van der Waals surface area contributed by atoms with E-state index in [0.717, 1.165) is 33.3 Å². The molecule has 0 aliphatic carbocycles. The highest BCUT2D eigenvalue weighted by Crippen LogP contribution is 2.34. The second kappa shape index (κ2) is 7.47. The Hall–Kier alpha value is -2.75. The maximum atomic E-state index is 11.2. The number of aromatic hydroxyl groups is 1. The Kier molecular flexibility index (Phi) is 5.26. The zero-order chi connectivity index (χ0) is 19.7. The van der Waals surface area contributed by atoms with E-state index in [1.165, 1.54) is 0 Å². The Morgan fingerprint density at radius 1 is 1.11 bits per heavy atom. The standard InChI is InChI=1S/C23H27NO3/c1-14(2)19-12-17(9-10-21(19)25)13-24-16(4)23(15(3)11-22(26)27)18-7-5-6-8-20(18)24/h5-10,12,14-15,25H,11,13H2,1-4H3,(H,26,27). The van der Waals surface area contributed by atoms with Gasteiger partial charge in [0.15, 0.2) is 0 Å². The zero-order valence-electron chi connectivity index (χ0n) is 16.4. The fourth-order valence-corrected chi connectivity index (χ4v) is 3.99. The molecule has 27 heavy (non-hydrogen) atoms. The number of hydrogen-bond donors (Lipinski definition) is 2. The van der Waals surface area contributed by atoms with Crippen molar-refractivity contribution in [3.05, 3.63) is 64.8 Å². The normalized spacial score (nSPS) is 12.6. The van der Waals surface area contributed by atoms with Crippen molar-refractivity contribution in [1.29, 1.82) is 0 Å². The maximum Gasteiger partial charge on any atom is 0.303 e. The van der Waals surface area contributed by atoms with E-state index < -0.39 is 5.97 Å². The summed E-state index contributed by atoms with van der Waals surface area (Å²) in [7, 11) is 0. The number of aromatic nitrogens is 1. The Morgan fingerprint density at radius 2 is 1.81 bits per heavy atom. The minimum absolute atomic E-state index is 0.0558. The van der Waals surface area contributed by atoms with Gasteiger partial charge in [-0.1, -0.05) is 51.1 Å². The number of benzene rings is 2. The van der Waals surface area contributed by atoms with E-state index in [9.17, 15) is 15.0 Å². The van der Waals surface area contributed by atoms with Gasteiger partial charge in [0.2, 0.25) is 0 Å². The lowest BCUT2D eigenvalue weighted by Gasteiger charge is -2.14. The average molecular weight is 365 g/mol. The number of rotatable bonds is 6. The molecule has 1 heterocycles. The molecule has 3 aromatic rings. The summed E-state index contributed by atoms with van der Waals surface area (Å²) in [4.78, 5) is 11.2. The van der Waals surface area contributed by atoms with Gasteiger partial charge in [0.05, 0.1) is 6.42 Å². The van der Waals surface area contributed by atoms with Crippen LogP contribution in [0.3, 0.4) is 0 Å². The zero-order valence-corrected chi connectivity index (χ0v) is 16.4. The molecule has 2 aromatic carbocycles. The summed E-state index contributed by atoms with van der Waals surface area (Å²) >= 11 is 0. The third-order valence-electron chi connectivity index (χ3n) is 5.31. The molecule has 0 saturated carbocycles. The van der Waals surface area contributed by atoms with Crippen LogP contribution in [0.1, 0.15) is 61.4 Å². The van der Waals surface area contributed by atoms with Gasteiger partial charge in [0.25, 0.3) is 0 Å². The van der Waals surface area contributed by atoms with Gasteiger partial charge in [-0.05, 0) is 47.6 Å². The summed E-state index contributed by atoms with van der Waals surface area (Å²) in [6.07, 6.45) is 0.117. The summed E-state index contributed by atoms with van der Waals surface area (Å²) in [5, 5.41) is 20.4. The molecule has 1 unspecified atom stereocenters. The van der Waals surface area contributed by atoms with E-state index >= 15 is 0 Å². The van der Waals surface area contributed by atoms with Crippen LogP contribution < -0.4 is 0 Å². The number of carboxylic acid groups (broad SMARTS) is 1. The fourth-order valence-electron chi connectivity index (χ4n) is 3.99. The highest BCUT2D eigenvalue weighted by atomic mass is 16.4. The second-order valence-corrected chi connectivity index (χ2v) is 7.65. The van der Waals surface area contributed by atoms with E-state index in [1.54, 1.807) is 6.07 Å². The smallest absolute Gasteiger partial charge is 0.303 e. The van der Waals surface area contributed by atoms with Crippen LogP contribution >= 0.6 is 0 Å². The van der Waals surface area contributed by atoms with Gasteiger partial charge in [-0.25, -0.2) is 0 Å². The Morgan fingerprint density at radius 3 is 2.48 bits per heavy atom. The van der Waals surface area contributed by atoms with Crippen molar-refractivity contribution in [2.45, 2.75) is 52.5 Å². The molecule has 0 bridgehead atoms. The Labute approximate surface area is 160 Å². The van der Waals surface area contributed by atoms with Crippen molar-refractivity contribution in [2.75, 3.05) is 0 Å². The first-order valence-corrected chi connectivity index (χ1v) is 9.40. The number of phenols is 1. The van der Waals surface area contributed by atoms with Gasteiger partial charge in [-0.15, -0.1) is 0 Å². The number of hydrogen-bond acceptors (Lipinski definition) is 2. The number of carboxylic acids is 1. The lowest BCUT2D eigenvalue weighted by Crippen LogP contribution is -2.06. The minimum Gasteiger partial charge on any atom is -0.508 e.